The summed E-state index contributed by atoms with van der Waals surface area (Å²) >= 11 is 0. The first-order valence-corrected chi connectivity index (χ1v) is 7.34. The fourth-order valence-electron chi connectivity index (χ4n) is 2.95. The van der Waals surface area contributed by atoms with E-state index in [4.69, 9.17) is 4.74 Å². The van der Waals surface area contributed by atoms with E-state index in [1.165, 1.54) is 0 Å². The second-order valence-corrected chi connectivity index (χ2v) is 5.37. The van der Waals surface area contributed by atoms with Gasteiger partial charge in [-0.15, -0.1) is 0 Å². The van der Waals surface area contributed by atoms with Crippen molar-refractivity contribution < 1.29 is 14.3 Å². The van der Waals surface area contributed by atoms with Crippen molar-refractivity contribution in [2.24, 2.45) is 5.92 Å². The Labute approximate surface area is 114 Å². The van der Waals surface area contributed by atoms with Crippen molar-refractivity contribution in [2.45, 2.75) is 38.6 Å². The van der Waals surface area contributed by atoms with Gasteiger partial charge in [0.15, 0.2) is 0 Å². The van der Waals surface area contributed by atoms with Crippen LogP contribution in [0.2, 0.25) is 0 Å². The van der Waals surface area contributed by atoms with Gasteiger partial charge >= 0.3 is 0 Å². The van der Waals surface area contributed by atoms with Gasteiger partial charge in [-0.05, 0) is 32.7 Å². The van der Waals surface area contributed by atoms with Crippen LogP contribution in [0.15, 0.2) is 0 Å². The first kappa shape index (κ1) is 14.5. The fourth-order valence-corrected chi connectivity index (χ4v) is 2.95. The highest BCUT2D eigenvalue weighted by molar-refractivity contribution is 5.83. The molecule has 1 saturated carbocycles. The topological polar surface area (TPSA) is 58.6 Å². The van der Waals surface area contributed by atoms with Crippen LogP contribution in [-0.2, 0) is 14.3 Å². The molecule has 2 rings (SSSR count). The molecule has 1 saturated heterocycles. The molecule has 1 N–H and O–H groups in total. The summed E-state index contributed by atoms with van der Waals surface area (Å²) in [5.41, 5.74) is 0. The van der Waals surface area contributed by atoms with E-state index >= 15 is 0 Å². The summed E-state index contributed by atoms with van der Waals surface area (Å²) in [5, 5.41) is 2.85. The van der Waals surface area contributed by atoms with Crippen LogP contribution in [0.25, 0.3) is 0 Å². The van der Waals surface area contributed by atoms with E-state index in [0.29, 0.717) is 25.5 Å². The lowest BCUT2D eigenvalue weighted by molar-refractivity contribution is -0.132. The van der Waals surface area contributed by atoms with Crippen LogP contribution in [0.5, 0.6) is 0 Å². The van der Waals surface area contributed by atoms with Gasteiger partial charge in [-0.1, -0.05) is 0 Å². The molecule has 1 amide bonds. The summed E-state index contributed by atoms with van der Waals surface area (Å²) < 4.78 is 5.40. The average Bonchev–Trinajstić information content (AvgIpc) is 2.82. The molecule has 2 atom stereocenters. The lowest BCUT2D eigenvalue weighted by atomic mass is 10.0. The number of likely N-dealkylation sites (N-methyl/N-ethyl adjacent to an activating group) is 1. The Morgan fingerprint density at radius 3 is 3.05 bits per heavy atom. The zero-order valence-electron chi connectivity index (χ0n) is 11.7. The monoisotopic (exact) mass is 268 g/mol. The van der Waals surface area contributed by atoms with Crippen LogP contribution in [0.3, 0.4) is 0 Å². The van der Waals surface area contributed by atoms with Gasteiger partial charge in [-0.2, -0.15) is 0 Å². The zero-order valence-corrected chi connectivity index (χ0v) is 11.7. The number of hydrogen-bond acceptors (Lipinski definition) is 4. The summed E-state index contributed by atoms with van der Waals surface area (Å²) in [7, 11) is 0. The number of nitrogens with one attached hydrogen (secondary N) is 1. The molecule has 0 aromatic carbocycles. The number of hydrogen-bond donors (Lipinski definition) is 1. The predicted molar refractivity (Wildman–Crippen MR) is 71.8 cm³/mol. The number of Topliss-reactive ketones (excluding diaryl/α,β-unsaturated/α-hetero) is 1. The van der Waals surface area contributed by atoms with Crippen LogP contribution in [0.1, 0.15) is 32.6 Å². The summed E-state index contributed by atoms with van der Waals surface area (Å²) in [5.74, 6) is 0.667. The molecule has 1 heterocycles. The number of nitrogens with zero attached hydrogens (tertiary/aromatic N) is 1. The molecule has 1 aliphatic carbocycles. The lowest BCUT2D eigenvalue weighted by Crippen LogP contribution is -2.54. The number of ether oxygens (including phenoxy) is 1. The van der Waals surface area contributed by atoms with Crippen LogP contribution < -0.4 is 5.32 Å². The van der Waals surface area contributed by atoms with Crippen molar-refractivity contribution in [3.63, 3.8) is 0 Å². The normalized spacial score (nSPS) is 28.6. The maximum atomic E-state index is 12.0. The van der Waals surface area contributed by atoms with E-state index in [1.54, 1.807) is 0 Å². The smallest absolute Gasteiger partial charge is 0.239 e. The number of rotatable bonds is 5. The average molecular weight is 268 g/mol. The summed E-state index contributed by atoms with van der Waals surface area (Å²) in [6, 6.07) is -0.190. The minimum atomic E-state index is -0.190. The van der Waals surface area contributed by atoms with E-state index in [-0.39, 0.29) is 17.9 Å². The van der Waals surface area contributed by atoms with E-state index in [0.717, 1.165) is 38.8 Å². The molecular formula is C14H24N2O3. The Bertz CT molecular complexity index is 333. The first-order valence-electron chi connectivity index (χ1n) is 7.34. The van der Waals surface area contributed by atoms with E-state index in [1.807, 2.05) is 6.92 Å². The highest BCUT2D eigenvalue weighted by Crippen LogP contribution is 2.25. The molecule has 2 aliphatic rings. The van der Waals surface area contributed by atoms with Crippen LogP contribution >= 0.6 is 0 Å². The maximum absolute atomic E-state index is 12.0. The van der Waals surface area contributed by atoms with Crippen LogP contribution in [0, 0.1) is 5.92 Å². The lowest BCUT2D eigenvalue weighted by Gasteiger charge is -2.34. The molecule has 0 aromatic heterocycles. The number of carbonyl (C=O) groups excluding carboxylic acids is 2. The van der Waals surface area contributed by atoms with Gasteiger partial charge in [0.25, 0.3) is 0 Å². The molecule has 0 aromatic rings. The van der Waals surface area contributed by atoms with Gasteiger partial charge in [0, 0.05) is 25.4 Å². The van der Waals surface area contributed by atoms with Crippen molar-refractivity contribution in [3.8, 4) is 0 Å². The van der Waals surface area contributed by atoms with Crippen molar-refractivity contribution in [2.75, 3.05) is 32.8 Å². The van der Waals surface area contributed by atoms with E-state index in [2.05, 4.69) is 10.2 Å². The Morgan fingerprint density at radius 1 is 1.53 bits per heavy atom. The highest BCUT2D eigenvalue weighted by atomic mass is 16.5. The summed E-state index contributed by atoms with van der Waals surface area (Å²) in [6.45, 7) is 5.30. The van der Waals surface area contributed by atoms with Crippen molar-refractivity contribution in [1.29, 1.82) is 0 Å². The summed E-state index contributed by atoms with van der Waals surface area (Å²) in [6.07, 6.45) is 3.68. The maximum Gasteiger partial charge on any atom is 0.239 e. The van der Waals surface area contributed by atoms with Gasteiger partial charge in [0.1, 0.15) is 11.8 Å². The van der Waals surface area contributed by atoms with E-state index in [9.17, 15) is 9.59 Å². The van der Waals surface area contributed by atoms with Gasteiger partial charge in [0.05, 0.1) is 13.2 Å². The second kappa shape index (κ2) is 7.01. The number of carbonyl (C=O) groups is 2. The third kappa shape index (κ3) is 3.76. The van der Waals surface area contributed by atoms with Crippen molar-refractivity contribution in [1.82, 2.24) is 10.2 Å². The zero-order chi connectivity index (χ0) is 13.7. The van der Waals surface area contributed by atoms with Crippen molar-refractivity contribution >= 4 is 11.7 Å². The molecule has 19 heavy (non-hydrogen) atoms. The third-order valence-electron chi connectivity index (χ3n) is 4.09. The molecule has 0 spiro atoms. The van der Waals surface area contributed by atoms with Gasteiger partial charge in [0.2, 0.25) is 5.91 Å². The Kier molecular flexibility index (Phi) is 5.34. The molecular weight excluding hydrogens is 244 g/mol. The van der Waals surface area contributed by atoms with Gasteiger partial charge < -0.3 is 10.1 Å². The van der Waals surface area contributed by atoms with Gasteiger partial charge in [-0.3, -0.25) is 14.5 Å². The largest absolute Gasteiger partial charge is 0.378 e. The Morgan fingerprint density at radius 2 is 2.37 bits per heavy atom. The Balaban J connectivity index is 1.85. The Hall–Kier alpha value is -0.940. The standard InChI is InChI=1S/C14H24N2O3/c1-2-15-14(18)12-10-19-9-8-16(12)7-6-11-4-3-5-13(11)17/h11-12H,2-10H2,1H3,(H,15,18). The van der Waals surface area contributed by atoms with Gasteiger partial charge in [-0.25, -0.2) is 0 Å². The fraction of sp³-hybridized carbons (Fsp3) is 0.857. The molecule has 5 heteroatoms. The molecule has 5 nitrogen and oxygen atoms in total. The molecule has 0 bridgehead atoms. The SMILES string of the molecule is CCNC(=O)C1COCCN1CCC1CCCC1=O. The quantitative estimate of drug-likeness (QED) is 0.792. The third-order valence-corrected chi connectivity index (χ3v) is 4.09. The first-order chi connectivity index (χ1) is 9.22. The minimum Gasteiger partial charge on any atom is -0.378 e. The van der Waals surface area contributed by atoms with Crippen molar-refractivity contribution in [3.05, 3.63) is 0 Å². The van der Waals surface area contributed by atoms with Crippen LogP contribution in [0.4, 0.5) is 0 Å². The highest BCUT2D eigenvalue weighted by Gasteiger charge is 2.31. The number of morpholine rings is 1. The van der Waals surface area contributed by atoms with E-state index < -0.39 is 0 Å². The predicted octanol–water partition coefficient (Wildman–Crippen LogP) is 0.583. The van der Waals surface area contributed by atoms with Crippen LogP contribution in [-0.4, -0.2) is 55.5 Å². The molecule has 108 valence electrons. The number of ketones is 1. The second-order valence-electron chi connectivity index (χ2n) is 5.37. The molecule has 1 aliphatic heterocycles. The molecule has 2 unspecified atom stereocenters. The molecule has 0 radical (unpaired) electrons. The minimum absolute atomic E-state index is 0.0416. The summed E-state index contributed by atoms with van der Waals surface area (Å²) in [4.78, 5) is 25.8. The molecule has 2 fully saturated rings. The number of amides is 1.